The minimum absolute atomic E-state index is 0.106. The molecule has 3 unspecified atom stereocenters. The summed E-state index contributed by atoms with van der Waals surface area (Å²) in [5.41, 5.74) is 0.693. The van der Waals surface area contributed by atoms with Crippen molar-refractivity contribution in [2.45, 2.75) is 64.3 Å². The van der Waals surface area contributed by atoms with E-state index in [0.717, 1.165) is 0 Å². The van der Waals surface area contributed by atoms with E-state index in [1.807, 2.05) is 32.9 Å². The smallest absolute Gasteiger partial charge is 0.410 e. The molecule has 3 aliphatic rings. The Balaban J connectivity index is 1.48. The Morgan fingerprint density at radius 1 is 1.05 bits per heavy atom. The van der Waals surface area contributed by atoms with Gasteiger partial charge < -0.3 is 13.9 Å². The predicted molar refractivity (Wildman–Crippen MR) is 169 cm³/mol. The molecule has 1 fully saturated rings. The van der Waals surface area contributed by atoms with Gasteiger partial charge in [-0.3, -0.25) is 9.89 Å². The minimum Gasteiger partial charge on any atom is -0.444 e. The number of carbonyl (C=O) groups is 1. The van der Waals surface area contributed by atoms with Crippen molar-refractivity contribution in [2.75, 3.05) is 19.8 Å². The van der Waals surface area contributed by atoms with Crippen LogP contribution in [0.25, 0.3) is 0 Å². The molecule has 0 radical (unpaired) electrons. The Morgan fingerprint density at radius 2 is 1.67 bits per heavy atom. The molecule has 42 heavy (non-hydrogen) atoms. The summed E-state index contributed by atoms with van der Waals surface area (Å²) in [6, 6.07) is 20.6. The maximum Gasteiger partial charge on any atom is 0.410 e. The van der Waals surface area contributed by atoms with E-state index in [4.69, 9.17) is 25.7 Å². The summed E-state index contributed by atoms with van der Waals surface area (Å²) in [7, 11) is -2.83. The normalized spacial score (nSPS) is 24.2. The van der Waals surface area contributed by atoms with Gasteiger partial charge in [0.2, 0.25) is 12.0 Å². The van der Waals surface area contributed by atoms with E-state index in [1.54, 1.807) is 29.9 Å². The van der Waals surface area contributed by atoms with Gasteiger partial charge in [-0.1, -0.05) is 81.4 Å². The molecule has 3 heterocycles. The van der Waals surface area contributed by atoms with E-state index < -0.39 is 26.1 Å². The minimum atomic E-state index is -2.83. The Morgan fingerprint density at radius 3 is 2.24 bits per heavy atom. The highest BCUT2D eigenvalue weighted by atomic mass is 35.5. The highest BCUT2D eigenvalue weighted by Gasteiger charge is 2.51. The van der Waals surface area contributed by atoms with Crippen LogP contribution >= 0.6 is 11.8 Å². The summed E-state index contributed by atoms with van der Waals surface area (Å²) in [5.74, 6) is 0. The number of benzene rings is 2. The number of morpholine rings is 1. The number of hydrogen-bond donors (Lipinski definition) is 0. The van der Waals surface area contributed by atoms with Crippen molar-refractivity contribution < 1.29 is 22.7 Å². The van der Waals surface area contributed by atoms with Gasteiger partial charge in [-0.25, -0.2) is 4.79 Å². The van der Waals surface area contributed by atoms with E-state index >= 15 is 0 Å². The zero-order valence-corrected chi connectivity index (χ0v) is 26.9. The average Bonchev–Trinajstić information content (AvgIpc) is 3.30. The number of halogens is 1. The fraction of sp³-hybridized carbons (Fsp3) is 0.406. The first-order valence-corrected chi connectivity index (χ1v) is 16.5. The van der Waals surface area contributed by atoms with E-state index in [1.165, 1.54) is 10.4 Å². The molecule has 1 amide bonds. The number of hydrogen-bond acceptors (Lipinski definition) is 6. The number of rotatable bonds is 6. The van der Waals surface area contributed by atoms with E-state index in [2.05, 4.69) is 79.3 Å². The van der Waals surface area contributed by atoms with E-state index in [9.17, 15) is 4.79 Å². The Hall–Kier alpha value is -3.08. The molecule has 10 heteroatoms. The zero-order valence-electron chi connectivity index (χ0n) is 25.2. The lowest BCUT2D eigenvalue weighted by Gasteiger charge is -2.46. The fourth-order valence-corrected chi connectivity index (χ4v) is 10.6. The van der Waals surface area contributed by atoms with Gasteiger partial charge in [0, 0.05) is 0 Å². The van der Waals surface area contributed by atoms with Crippen LogP contribution in [0, 0.1) is 0 Å². The second-order valence-electron chi connectivity index (χ2n) is 12.9. The lowest BCUT2D eigenvalue weighted by molar-refractivity contribution is -0.592. The molecule has 5 rings (SSSR count). The van der Waals surface area contributed by atoms with Gasteiger partial charge in [-0.05, 0) is 36.2 Å². The molecule has 0 spiro atoms. The molecule has 2 aromatic carbocycles. The standard InChI is InChI=1S/C32H40ClN4O4Si/c1-31(2,3)41-30(38)36-20-28(29-27-19-34-17-18-37(27,33)23-35-29)39-21-24(36)22-40-42(32(4,5)6,25-13-9-7-10-14-25)26-15-11-8-12-16-26/h7-19,23-24,28H,20-22H2,1-6H3/q+1. The van der Waals surface area contributed by atoms with Crippen molar-refractivity contribution in [3.05, 3.63) is 84.5 Å². The molecule has 3 atom stereocenters. The van der Waals surface area contributed by atoms with Crippen molar-refractivity contribution in [3.63, 3.8) is 0 Å². The number of ether oxygens (including phenoxy) is 2. The monoisotopic (exact) mass is 607 g/mol. The van der Waals surface area contributed by atoms with Crippen molar-refractivity contribution in [2.24, 2.45) is 9.98 Å². The van der Waals surface area contributed by atoms with Crippen LogP contribution in [-0.2, 0) is 13.9 Å². The summed E-state index contributed by atoms with van der Waals surface area (Å²) in [6.45, 7) is 13.1. The maximum atomic E-state index is 13.7. The molecule has 8 nitrogen and oxygen atoms in total. The largest absolute Gasteiger partial charge is 0.444 e. The number of allylic oxidation sites excluding steroid dienone is 1. The third-order valence-electron chi connectivity index (χ3n) is 7.70. The molecule has 222 valence electrons. The molecule has 3 aliphatic heterocycles. The van der Waals surface area contributed by atoms with Gasteiger partial charge in [0.05, 0.1) is 38.2 Å². The lowest BCUT2D eigenvalue weighted by Crippen LogP contribution is -2.68. The van der Waals surface area contributed by atoms with Gasteiger partial charge >= 0.3 is 6.09 Å². The van der Waals surface area contributed by atoms with E-state index in [0.29, 0.717) is 11.4 Å². The summed E-state index contributed by atoms with van der Waals surface area (Å²) >= 11 is 6.74. The van der Waals surface area contributed by atoms with Crippen molar-refractivity contribution in [1.29, 1.82) is 0 Å². The van der Waals surface area contributed by atoms with Crippen LogP contribution in [0.5, 0.6) is 0 Å². The maximum absolute atomic E-state index is 13.7. The van der Waals surface area contributed by atoms with E-state index in [-0.39, 0.29) is 34.8 Å². The lowest BCUT2D eigenvalue weighted by atomic mass is 10.1. The van der Waals surface area contributed by atoms with Gasteiger partial charge in [0.25, 0.3) is 8.32 Å². The molecule has 2 aromatic rings. The number of nitrogens with zero attached hydrogens (tertiary/aromatic N) is 4. The van der Waals surface area contributed by atoms with Crippen LogP contribution in [0.1, 0.15) is 41.5 Å². The van der Waals surface area contributed by atoms with Gasteiger partial charge in [0.1, 0.15) is 23.6 Å². The molecule has 1 saturated heterocycles. The molecule has 0 aliphatic carbocycles. The first kappa shape index (κ1) is 30.4. The second kappa shape index (κ2) is 11.5. The van der Waals surface area contributed by atoms with Crippen LogP contribution in [0.15, 0.2) is 94.4 Å². The number of aliphatic imine (C=N–C) groups is 2. The molecule has 0 aromatic heterocycles. The summed E-state index contributed by atoms with van der Waals surface area (Å²) in [6.07, 6.45) is 5.79. The Bertz CT molecular complexity index is 1380. The predicted octanol–water partition coefficient (Wildman–Crippen LogP) is 5.35. The van der Waals surface area contributed by atoms with Crippen LogP contribution in [0.2, 0.25) is 5.04 Å². The Labute approximate surface area is 254 Å². The van der Waals surface area contributed by atoms with Crippen molar-refractivity contribution in [1.82, 2.24) is 4.90 Å². The quantitative estimate of drug-likeness (QED) is 0.328. The van der Waals surface area contributed by atoms with Crippen LogP contribution in [0.3, 0.4) is 0 Å². The molecule has 0 N–H and O–H groups in total. The second-order valence-corrected chi connectivity index (χ2v) is 17.7. The van der Waals surface area contributed by atoms with Crippen LogP contribution in [-0.4, -0.2) is 73.4 Å². The first-order chi connectivity index (χ1) is 19.8. The van der Waals surface area contributed by atoms with Gasteiger partial charge in [-0.2, -0.15) is 4.99 Å². The van der Waals surface area contributed by atoms with Crippen molar-refractivity contribution in [3.8, 4) is 0 Å². The molecule has 0 bridgehead atoms. The fourth-order valence-electron chi connectivity index (χ4n) is 5.75. The van der Waals surface area contributed by atoms with Crippen LogP contribution < -0.4 is 10.4 Å². The number of quaternary nitrogens is 1. The SMILES string of the molecule is CC(C)(C)OC(=O)N1CC(C2=C3C=NC=C[N+]3(Cl)C=N2)OCC1CO[Si](c1ccccc1)(c1ccccc1)C(C)(C)C. The third-order valence-corrected chi connectivity index (χ3v) is 13.1. The zero-order chi connectivity index (χ0) is 30.2. The highest BCUT2D eigenvalue weighted by molar-refractivity contribution is 6.99. The van der Waals surface area contributed by atoms with Crippen molar-refractivity contribution >= 4 is 49.1 Å². The molecule has 0 saturated carbocycles. The summed E-state index contributed by atoms with van der Waals surface area (Å²) < 4.78 is 19.4. The number of amides is 1. The average molecular weight is 608 g/mol. The summed E-state index contributed by atoms with van der Waals surface area (Å²) in [4.78, 5) is 24.2. The molecular weight excluding hydrogens is 568 g/mol. The first-order valence-electron chi connectivity index (χ1n) is 14.3. The summed E-state index contributed by atoms with van der Waals surface area (Å²) in [5, 5.41) is 2.15. The number of carbonyl (C=O) groups excluding carboxylic acids is 1. The number of fused-ring (bicyclic) bond motifs is 1. The third kappa shape index (κ3) is 5.89. The van der Waals surface area contributed by atoms with Crippen LogP contribution in [0.4, 0.5) is 4.79 Å². The van der Waals surface area contributed by atoms with Gasteiger partial charge in [-0.15, -0.1) is 4.00 Å². The molecular formula is C32H40ClN4O4Si+. The topological polar surface area (TPSA) is 72.7 Å². The highest BCUT2D eigenvalue weighted by Crippen LogP contribution is 2.38. The Kier molecular flexibility index (Phi) is 8.35. The van der Waals surface area contributed by atoms with Gasteiger partial charge in [0.15, 0.2) is 11.8 Å².